The van der Waals surface area contributed by atoms with Crippen LogP contribution in [0.25, 0.3) is 0 Å². The fraction of sp³-hybridized carbons (Fsp3) is 0.111. The molecule has 0 atom stereocenters. The van der Waals surface area contributed by atoms with Crippen molar-refractivity contribution in [2.75, 3.05) is 0 Å². The van der Waals surface area contributed by atoms with Crippen molar-refractivity contribution in [1.82, 2.24) is 0 Å². The first-order valence-corrected chi connectivity index (χ1v) is 9.35. The summed E-state index contributed by atoms with van der Waals surface area (Å²) in [5.74, 6) is 0. The minimum Gasteiger partial charge on any atom is -0.0797 e. The Morgan fingerprint density at radius 3 is 1.50 bits per heavy atom. The largest absolute Gasteiger partial charge is 0.125 e. The molecule has 0 bridgehead atoms. The van der Waals surface area contributed by atoms with Gasteiger partial charge in [-0.15, -0.1) is 0 Å². The fourth-order valence-electron chi connectivity index (χ4n) is 2.94. The molecule has 2 heteroatoms. The van der Waals surface area contributed by atoms with Crippen LogP contribution in [0.1, 0.15) is 0 Å². The van der Waals surface area contributed by atoms with Crippen LogP contribution in [0.15, 0.2) is 85.0 Å². The van der Waals surface area contributed by atoms with Crippen LogP contribution in [-0.2, 0) is 21.7 Å². The van der Waals surface area contributed by atoms with E-state index in [-0.39, 0.29) is 21.7 Å². The molecular weight excluding hydrogens is 292 g/mol. The molecule has 98 valence electrons. The van der Waals surface area contributed by atoms with E-state index in [0.29, 0.717) is 5.54 Å². The average molecular weight is 310 g/mol. The Morgan fingerprint density at radius 2 is 1.10 bits per heavy atom. The Labute approximate surface area is 137 Å². The van der Waals surface area contributed by atoms with Crippen molar-refractivity contribution < 1.29 is 21.7 Å². The van der Waals surface area contributed by atoms with E-state index in [0.717, 1.165) is 0 Å². The third-order valence-corrected chi connectivity index (χ3v) is 8.95. The molecule has 2 aromatic carbocycles. The molecule has 0 unspecified atom stereocenters. The molecule has 20 heavy (non-hydrogen) atoms. The molecule has 0 fully saturated rings. The average Bonchev–Trinajstić information content (AvgIpc) is 3.03. The van der Waals surface area contributed by atoms with Crippen LogP contribution in [0.4, 0.5) is 0 Å². The van der Waals surface area contributed by atoms with Crippen LogP contribution in [0, 0.1) is 0 Å². The zero-order valence-corrected chi connectivity index (χ0v) is 14.2. The van der Waals surface area contributed by atoms with Crippen LogP contribution < -0.4 is 10.4 Å². The minimum atomic E-state index is -1.74. The van der Waals surface area contributed by atoms with E-state index in [2.05, 4.69) is 91.5 Å². The van der Waals surface area contributed by atoms with Crippen molar-refractivity contribution in [1.29, 1.82) is 0 Å². The molecule has 2 aromatic rings. The van der Waals surface area contributed by atoms with E-state index < -0.39 is 8.07 Å². The van der Waals surface area contributed by atoms with Crippen LogP contribution >= 0.6 is 0 Å². The molecule has 0 nitrogen and oxygen atoms in total. The summed E-state index contributed by atoms with van der Waals surface area (Å²) >= 11 is 0. The number of rotatable bonds is 3. The topological polar surface area (TPSA) is 0 Å². The van der Waals surface area contributed by atoms with Gasteiger partial charge in [0, 0.05) is 21.7 Å². The van der Waals surface area contributed by atoms with E-state index in [1.165, 1.54) is 10.4 Å². The van der Waals surface area contributed by atoms with Crippen molar-refractivity contribution in [3.05, 3.63) is 85.0 Å². The van der Waals surface area contributed by atoms with Crippen molar-refractivity contribution in [2.45, 2.75) is 12.1 Å². The van der Waals surface area contributed by atoms with Crippen LogP contribution in [0.3, 0.4) is 0 Å². The number of allylic oxidation sites excluding steroid dienone is 4. The SMILES string of the molecule is C[Si](c1ccccc1)(c1ccccc1)C1C=CC=C1.[Ti]. The second-order valence-electron chi connectivity index (χ2n) is 5.23. The predicted molar refractivity (Wildman–Crippen MR) is 85.8 cm³/mol. The van der Waals surface area contributed by atoms with Crippen molar-refractivity contribution in [3.8, 4) is 0 Å². The summed E-state index contributed by atoms with van der Waals surface area (Å²) in [7, 11) is -1.74. The Bertz CT molecular complexity index is 550. The summed E-state index contributed by atoms with van der Waals surface area (Å²) in [6.45, 7) is 2.47. The molecule has 3 rings (SSSR count). The Morgan fingerprint density at radius 1 is 0.700 bits per heavy atom. The molecule has 0 heterocycles. The summed E-state index contributed by atoms with van der Waals surface area (Å²) in [6, 6.07) is 22.0. The Kier molecular flexibility index (Phi) is 4.98. The quantitative estimate of drug-likeness (QED) is 0.763. The first-order chi connectivity index (χ1) is 9.32. The maximum Gasteiger partial charge on any atom is 0.125 e. The fourth-order valence-corrected chi connectivity index (χ4v) is 6.80. The molecule has 0 amide bonds. The molecule has 0 aliphatic heterocycles. The van der Waals surface area contributed by atoms with Gasteiger partial charge >= 0.3 is 0 Å². The summed E-state index contributed by atoms with van der Waals surface area (Å²) in [5.41, 5.74) is 0.553. The Hall–Kier alpha value is -1.15. The molecule has 0 saturated carbocycles. The maximum atomic E-state index is 2.47. The number of hydrogen-bond donors (Lipinski definition) is 0. The standard InChI is InChI=1S/C18H18Si.Ti/c1-19(18-14-8-9-15-18,16-10-4-2-5-11-16)17-12-6-3-7-13-17;/h2-15,18H,1H3;. The van der Waals surface area contributed by atoms with Gasteiger partial charge in [0.1, 0.15) is 8.07 Å². The van der Waals surface area contributed by atoms with Crippen LogP contribution in [0.2, 0.25) is 12.1 Å². The van der Waals surface area contributed by atoms with Gasteiger partial charge in [0.2, 0.25) is 0 Å². The van der Waals surface area contributed by atoms with Crippen molar-refractivity contribution in [2.24, 2.45) is 0 Å². The predicted octanol–water partition coefficient (Wildman–Crippen LogP) is 3.37. The molecule has 0 aromatic heterocycles. The van der Waals surface area contributed by atoms with E-state index in [4.69, 9.17) is 0 Å². The van der Waals surface area contributed by atoms with Gasteiger partial charge in [0.25, 0.3) is 0 Å². The molecule has 0 saturated heterocycles. The molecule has 0 spiro atoms. The summed E-state index contributed by atoms with van der Waals surface area (Å²) in [5, 5.41) is 3.00. The monoisotopic (exact) mass is 310 g/mol. The van der Waals surface area contributed by atoms with E-state index in [1.807, 2.05) is 0 Å². The minimum absolute atomic E-state index is 0. The molecule has 0 N–H and O–H groups in total. The first kappa shape index (κ1) is 15.2. The second kappa shape index (κ2) is 6.53. The number of benzene rings is 2. The molecular formula is C18H18SiTi. The van der Waals surface area contributed by atoms with Gasteiger partial charge in [-0.2, -0.15) is 0 Å². The van der Waals surface area contributed by atoms with Gasteiger partial charge in [0.15, 0.2) is 0 Å². The van der Waals surface area contributed by atoms with Gasteiger partial charge < -0.3 is 0 Å². The summed E-state index contributed by atoms with van der Waals surface area (Å²) < 4.78 is 0. The zero-order chi connectivity index (χ0) is 13.1. The van der Waals surface area contributed by atoms with Gasteiger partial charge in [0.05, 0.1) is 0 Å². The summed E-state index contributed by atoms with van der Waals surface area (Å²) in [4.78, 5) is 0. The van der Waals surface area contributed by atoms with Crippen LogP contribution in [-0.4, -0.2) is 8.07 Å². The van der Waals surface area contributed by atoms with E-state index in [9.17, 15) is 0 Å². The summed E-state index contributed by atoms with van der Waals surface area (Å²) in [6.07, 6.45) is 9.07. The molecule has 1 aliphatic carbocycles. The Balaban J connectivity index is 0.00000147. The zero-order valence-electron chi connectivity index (χ0n) is 11.7. The first-order valence-electron chi connectivity index (χ1n) is 6.78. The van der Waals surface area contributed by atoms with Gasteiger partial charge in [-0.05, 0) is 5.54 Å². The maximum absolute atomic E-state index is 2.47. The third-order valence-electron chi connectivity index (χ3n) is 4.16. The van der Waals surface area contributed by atoms with Gasteiger partial charge in [-0.3, -0.25) is 0 Å². The second-order valence-corrected chi connectivity index (χ2v) is 9.46. The normalized spacial score (nSPS) is 14.2. The molecule has 1 aliphatic rings. The van der Waals surface area contributed by atoms with Gasteiger partial charge in [-0.1, -0.05) is 102 Å². The van der Waals surface area contributed by atoms with Crippen molar-refractivity contribution >= 4 is 18.4 Å². The third kappa shape index (κ3) is 2.67. The number of hydrogen-bond acceptors (Lipinski definition) is 0. The molecule has 0 radical (unpaired) electrons. The smallest absolute Gasteiger partial charge is 0.0797 e. The van der Waals surface area contributed by atoms with Gasteiger partial charge in [-0.25, -0.2) is 0 Å². The van der Waals surface area contributed by atoms with E-state index >= 15 is 0 Å². The van der Waals surface area contributed by atoms with Crippen LogP contribution in [0.5, 0.6) is 0 Å². The van der Waals surface area contributed by atoms with E-state index in [1.54, 1.807) is 0 Å². The van der Waals surface area contributed by atoms with Crippen molar-refractivity contribution in [3.63, 3.8) is 0 Å².